The van der Waals surface area contributed by atoms with E-state index in [1.807, 2.05) is 24.0 Å². The maximum absolute atomic E-state index is 12.2. The van der Waals surface area contributed by atoms with Gasteiger partial charge < -0.3 is 14.7 Å². The van der Waals surface area contributed by atoms with Crippen molar-refractivity contribution in [2.75, 3.05) is 19.7 Å². The van der Waals surface area contributed by atoms with Crippen molar-refractivity contribution in [3.8, 4) is 5.75 Å². The number of carbonyl (C=O) groups excluding carboxylic acids is 1. The molecule has 1 amide bonds. The van der Waals surface area contributed by atoms with Gasteiger partial charge in [0.2, 0.25) is 0 Å². The molecule has 1 aromatic carbocycles. The van der Waals surface area contributed by atoms with Crippen molar-refractivity contribution in [2.24, 2.45) is 0 Å². The largest absolute Gasteiger partial charge is 0.483 e. The van der Waals surface area contributed by atoms with Crippen LogP contribution in [0.2, 0.25) is 0 Å². The molecule has 0 aromatic heterocycles. The van der Waals surface area contributed by atoms with Crippen LogP contribution in [0.25, 0.3) is 0 Å². The van der Waals surface area contributed by atoms with Crippen molar-refractivity contribution in [1.82, 2.24) is 4.90 Å². The predicted octanol–water partition coefficient (Wildman–Crippen LogP) is 3.03. The standard InChI is InChI=1S/C16H22BrNO3/c1-12-8-14(17)9-13(10-19)16(12)21-11-15(20)18-6-4-2-3-5-7-18/h8-9,19H,2-7,10-11H2,1H3. The van der Waals surface area contributed by atoms with Crippen LogP contribution in [0.4, 0.5) is 0 Å². The number of benzene rings is 1. The number of rotatable bonds is 4. The average Bonchev–Trinajstić information content (AvgIpc) is 2.74. The highest BCUT2D eigenvalue weighted by Gasteiger charge is 2.17. The Bertz CT molecular complexity index is 497. The Morgan fingerprint density at radius 1 is 1.29 bits per heavy atom. The summed E-state index contributed by atoms with van der Waals surface area (Å²) >= 11 is 3.40. The van der Waals surface area contributed by atoms with E-state index in [1.54, 1.807) is 0 Å². The lowest BCUT2D eigenvalue weighted by molar-refractivity contribution is -0.133. The number of ether oxygens (including phenoxy) is 1. The molecule has 1 saturated heterocycles. The fourth-order valence-electron chi connectivity index (χ4n) is 2.67. The second-order valence-corrected chi connectivity index (χ2v) is 6.37. The second kappa shape index (κ2) is 7.80. The third kappa shape index (κ3) is 4.45. The third-order valence-corrected chi connectivity index (χ3v) is 4.24. The van der Waals surface area contributed by atoms with Crippen molar-refractivity contribution in [3.63, 3.8) is 0 Å². The first kappa shape index (κ1) is 16.3. The molecule has 0 bridgehead atoms. The number of carbonyl (C=O) groups is 1. The van der Waals surface area contributed by atoms with Crippen molar-refractivity contribution in [1.29, 1.82) is 0 Å². The highest BCUT2D eigenvalue weighted by atomic mass is 79.9. The zero-order chi connectivity index (χ0) is 15.2. The molecule has 116 valence electrons. The van der Waals surface area contributed by atoms with Gasteiger partial charge in [0.25, 0.3) is 5.91 Å². The molecule has 1 N–H and O–H groups in total. The molecule has 1 aliphatic rings. The number of amides is 1. The summed E-state index contributed by atoms with van der Waals surface area (Å²) < 4.78 is 6.60. The van der Waals surface area contributed by atoms with Crippen molar-refractivity contribution < 1.29 is 14.6 Å². The van der Waals surface area contributed by atoms with Gasteiger partial charge >= 0.3 is 0 Å². The number of nitrogens with zero attached hydrogens (tertiary/aromatic N) is 1. The minimum atomic E-state index is -0.104. The van der Waals surface area contributed by atoms with E-state index in [4.69, 9.17) is 4.74 Å². The summed E-state index contributed by atoms with van der Waals surface area (Å²) in [5, 5.41) is 9.42. The van der Waals surface area contributed by atoms with Crippen LogP contribution in [0.15, 0.2) is 16.6 Å². The van der Waals surface area contributed by atoms with Crippen LogP contribution in [-0.4, -0.2) is 35.6 Å². The molecule has 1 fully saturated rings. The van der Waals surface area contributed by atoms with Crippen molar-refractivity contribution in [3.05, 3.63) is 27.7 Å². The molecule has 0 spiro atoms. The number of hydrogen-bond donors (Lipinski definition) is 1. The normalized spacial score (nSPS) is 15.7. The van der Waals surface area contributed by atoms with Gasteiger partial charge in [-0.1, -0.05) is 28.8 Å². The molecule has 1 heterocycles. The Balaban J connectivity index is 2.00. The van der Waals surface area contributed by atoms with E-state index in [0.717, 1.165) is 36.0 Å². The summed E-state index contributed by atoms with van der Waals surface area (Å²) in [6.45, 7) is 3.50. The average molecular weight is 356 g/mol. The molecule has 1 aliphatic heterocycles. The topological polar surface area (TPSA) is 49.8 Å². The lowest BCUT2D eigenvalue weighted by Crippen LogP contribution is -2.35. The molecule has 0 aliphatic carbocycles. The maximum Gasteiger partial charge on any atom is 0.260 e. The number of halogens is 1. The molecule has 21 heavy (non-hydrogen) atoms. The van der Waals surface area contributed by atoms with Gasteiger partial charge in [-0.05, 0) is 37.5 Å². The summed E-state index contributed by atoms with van der Waals surface area (Å²) in [6, 6.07) is 3.74. The molecule has 0 radical (unpaired) electrons. The summed E-state index contributed by atoms with van der Waals surface area (Å²) in [4.78, 5) is 14.1. The van der Waals surface area contributed by atoms with E-state index < -0.39 is 0 Å². The minimum Gasteiger partial charge on any atom is -0.483 e. The Kier molecular flexibility index (Phi) is 6.06. The van der Waals surface area contributed by atoms with Crippen LogP contribution < -0.4 is 4.74 Å². The van der Waals surface area contributed by atoms with Crippen molar-refractivity contribution in [2.45, 2.75) is 39.2 Å². The van der Waals surface area contributed by atoms with E-state index in [2.05, 4.69) is 15.9 Å². The lowest BCUT2D eigenvalue weighted by Gasteiger charge is -2.21. The summed E-state index contributed by atoms with van der Waals surface area (Å²) in [5.74, 6) is 0.645. The number of aryl methyl sites for hydroxylation is 1. The van der Waals surface area contributed by atoms with E-state index in [1.165, 1.54) is 12.8 Å². The molecule has 0 atom stereocenters. The van der Waals surface area contributed by atoms with Crippen LogP contribution in [0.3, 0.4) is 0 Å². The molecule has 5 heteroatoms. The van der Waals surface area contributed by atoms with Crippen LogP contribution >= 0.6 is 15.9 Å². The quantitative estimate of drug-likeness (QED) is 0.902. The summed E-state index contributed by atoms with van der Waals surface area (Å²) in [5.41, 5.74) is 1.61. The Hall–Kier alpha value is -1.07. The Morgan fingerprint density at radius 3 is 2.57 bits per heavy atom. The fourth-order valence-corrected chi connectivity index (χ4v) is 3.29. The zero-order valence-corrected chi connectivity index (χ0v) is 14.0. The third-order valence-electron chi connectivity index (χ3n) is 3.79. The Morgan fingerprint density at radius 2 is 1.95 bits per heavy atom. The number of aliphatic hydroxyl groups excluding tert-OH is 1. The first-order chi connectivity index (χ1) is 10.1. The lowest BCUT2D eigenvalue weighted by atomic mass is 10.1. The molecule has 1 aromatic rings. The van der Waals surface area contributed by atoms with Crippen LogP contribution in [0.1, 0.15) is 36.8 Å². The van der Waals surface area contributed by atoms with E-state index in [0.29, 0.717) is 11.3 Å². The fraction of sp³-hybridized carbons (Fsp3) is 0.562. The second-order valence-electron chi connectivity index (χ2n) is 5.45. The van der Waals surface area contributed by atoms with Crippen molar-refractivity contribution >= 4 is 21.8 Å². The van der Waals surface area contributed by atoms with Gasteiger partial charge in [-0.2, -0.15) is 0 Å². The number of likely N-dealkylation sites (tertiary alicyclic amines) is 1. The molecule has 0 unspecified atom stereocenters. The maximum atomic E-state index is 12.2. The van der Waals surface area contributed by atoms with Gasteiger partial charge in [-0.3, -0.25) is 4.79 Å². The highest BCUT2D eigenvalue weighted by molar-refractivity contribution is 9.10. The first-order valence-corrected chi connectivity index (χ1v) is 8.21. The number of hydrogen-bond acceptors (Lipinski definition) is 3. The zero-order valence-electron chi connectivity index (χ0n) is 12.4. The molecule has 4 nitrogen and oxygen atoms in total. The van der Waals surface area contributed by atoms with Crippen LogP contribution in [0, 0.1) is 6.92 Å². The van der Waals surface area contributed by atoms with Gasteiger partial charge in [-0.15, -0.1) is 0 Å². The number of aliphatic hydroxyl groups is 1. The van der Waals surface area contributed by atoms with E-state index in [-0.39, 0.29) is 19.1 Å². The molecular formula is C16H22BrNO3. The van der Waals surface area contributed by atoms with Gasteiger partial charge in [0.15, 0.2) is 6.61 Å². The van der Waals surface area contributed by atoms with Crippen LogP contribution in [0.5, 0.6) is 5.75 Å². The van der Waals surface area contributed by atoms with Gasteiger partial charge in [-0.25, -0.2) is 0 Å². The highest BCUT2D eigenvalue weighted by Crippen LogP contribution is 2.28. The monoisotopic (exact) mass is 355 g/mol. The Labute approximate surface area is 134 Å². The predicted molar refractivity (Wildman–Crippen MR) is 85.3 cm³/mol. The molecule has 0 saturated carbocycles. The SMILES string of the molecule is Cc1cc(Br)cc(CO)c1OCC(=O)N1CCCCCC1. The van der Waals surface area contributed by atoms with E-state index in [9.17, 15) is 9.90 Å². The summed E-state index contributed by atoms with van der Waals surface area (Å²) in [7, 11) is 0. The summed E-state index contributed by atoms with van der Waals surface area (Å²) in [6.07, 6.45) is 4.55. The molecular weight excluding hydrogens is 334 g/mol. The van der Waals surface area contributed by atoms with Gasteiger partial charge in [0, 0.05) is 23.1 Å². The smallest absolute Gasteiger partial charge is 0.260 e. The van der Waals surface area contributed by atoms with E-state index >= 15 is 0 Å². The minimum absolute atomic E-state index is 0.0307. The molecule has 2 rings (SSSR count). The van der Waals surface area contributed by atoms with Gasteiger partial charge in [0.05, 0.1) is 6.61 Å². The van der Waals surface area contributed by atoms with Crippen LogP contribution in [-0.2, 0) is 11.4 Å². The van der Waals surface area contributed by atoms with Gasteiger partial charge in [0.1, 0.15) is 5.75 Å². The first-order valence-electron chi connectivity index (χ1n) is 7.42.